The van der Waals surface area contributed by atoms with Crippen molar-refractivity contribution >= 4 is 22.8 Å². The molecule has 1 heterocycles. The van der Waals surface area contributed by atoms with Crippen LogP contribution in [0, 0.1) is 17.3 Å². The van der Waals surface area contributed by atoms with E-state index in [9.17, 15) is 14.7 Å². The summed E-state index contributed by atoms with van der Waals surface area (Å²) in [6.45, 7) is 2.33. The number of hydrogen-bond acceptors (Lipinski definition) is 5. The summed E-state index contributed by atoms with van der Waals surface area (Å²) in [7, 11) is 0. The van der Waals surface area contributed by atoms with Crippen LogP contribution < -0.4 is 16.4 Å². The molecule has 154 valence electrons. The molecule has 6 rings (SSSR count). The van der Waals surface area contributed by atoms with Gasteiger partial charge in [-0.2, -0.15) is 0 Å². The molecule has 1 aromatic heterocycles. The highest BCUT2D eigenvalue weighted by Crippen LogP contribution is 2.62. The van der Waals surface area contributed by atoms with E-state index < -0.39 is 5.60 Å². The lowest BCUT2D eigenvalue weighted by Gasteiger charge is -2.60. The quantitative estimate of drug-likeness (QED) is 0.675. The van der Waals surface area contributed by atoms with E-state index >= 15 is 0 Å². The van der Waals surface area contributed by atoms with Crippen LogP contribution in [0.1, 0.15) is 51.9 Å². The number of carbonyl (C=O) groups excluding carboxylic acids is 1. The summed E-state index contributed by atoms with van der Waals surface area (Å²) >= 11 is 0. The van der Waals surface area contributed by atoms with E-state index in [-0.39, 0.29) is 16.9 Å². The van der Waals surface area contributed by atoms with Crippen molar-refractivity contribution in [3.8, 4) is 0 Å². The molecule has 2 aromatic rings. The third kappa shape index (κ3) is 3.21. The van der Waals surface area contributed by atoms with Gasteiger partial charge in [-0.15, -0.1) is 0 Å². The van der Waals surface area contributed by atoms with Gasteiger partial charge in [0.2, 0.25) is 11.9 Å². The zero-order chi connectivity index (χ0) is 20.2. The Labute approximate surface area is 169 Å². The molecule has 1 amide bonds. The molecule has 0 aliphatic heterocycles. The highest BCUT2D eigenvalue weighted by atomic mass is 16.3. The van der Waals surface area contributed by atoms with Gasteiger partial charge in [0.15, 0.2) is 0 Å². The number of rotatable bonds is 5. The van der Waals surface area contributed by atoms with Crippen LogP contribution in [0.3, 0.4) is 0 Å². The number of carbonyl (C=O) groups is 1. The lowest BCUT2D eigenvalue weighted by atomic mass is 9.47. The van der Waals surface area contributed by atoms with Crippen molar-refractivity contribution in [3.63, 3.8) is 0 Å². The molecule has 1 aromatic carbocycles. The lowest BCUT2D eigenvalue weighted by molar-refractivity contribution is -0.169. The maximum absolute atomic E-state index is 12.8. The fraction of sp³-hybridized carbons (Fsp3) is 0.591. The number of aliphatic hydroxyl groups is 1. The smallest absolute Gasteiger partial charge is 0.262 e. The van der Waals surface area contributed by atoms with Gasteiger partial charge >= 0.3 is 0 Å². The zero-order valence-electron chi connectivity index (χ0n) is 16.8. The van der Waals surface area contributed by atoms with E-state index in [1.165, 1.54) is 11.0 Å². The minimum absolute atomic E-state index is 0.0914. The highest BCUT2D eigenvalue weighted by molar-refractivity contribution is 5.80. The largest absolute Gasteiger partial charge is 0.390 e. The van der Waals surface area contributed by atoms with Crippen molar-refractivity contribution in [2.75, 3.05) is 5.43 Å². The van der Waals surface area contributed by atoms with Crippen LogP contribution >= 0.6 is 0 Å². The average molecular weight is 396 g/mol. The molecule has 4 aliphatic carbocycles. The second kappa shape index (κ2) is 6.55. The number of aromatic nitrogens is 2. The van der Waals surface area contributed by atoms with Crippen molar-refractivity contribution in [2.45, 2.75) is 64.0 Å². The predicted octanol–water partition coefficient (Wildman–Crippen LogP) is 2.58. The first-order chi connectivity index (χ1) is 13.9. The average Bonchev–Trinajstić information content (AvgIpc) is 2.64. The molecular formula is C22H28N4O3. The summed E-state index contributed by atoms with van der Waals surface area (Å²) in [6, 6.07) is 7.21. The van der Waals surface area contributed by atoms with Crippen LogP contribution in [-0.4, -0.2) is 26.2 Å². The van der Waals surface area contributed by atoms with Crippen LogP contribution in [0.5, 0.6) is 0 Å². The zero-order valence-corrected chi connectivity index (χ0v) is 16.8. The Morgan fingerprint density at radius 2 is 1.97 bits per heavy atom. The normalized spacial score (nSPS) is 32.5. The monoisotopic (exact) mass is 396 g/mol. The predicted molar refractivity (Wildman–Crippen MR) is 110 cm³/mol. The SMILES string of the molecule is CCn1c(NNC(=O)CC23CC4CC(CC(O)(C4)C2)C3)nc2ccccc2c1=O. The molecule has 7 heteroatoms. The van der Waals surface area contributed by atoms with E-state index in [0.29, 0.717) is 41.7 Å². The van der Waals surface area contributed by atoms with E-state index in [1.807, 2.05) is 19.1 Å². The van der Waals surface area contributed by atoms with Crippen LogP contribution in [0.4, 0.5) is 5.95 Å². The van der Waals surface area contributed by atoms with Gasteiger partial charge in [0, 0.05) is 13.0 Å². The van der Waals surface area contributed by atoms with Gasteiger partial charge in [0.1, 0.15) is 0 Å². The number of benzene rings is 1. The number of para-hydroxylation sites is 1. The van der Waals surface area contributed by atoms with Gasteiger partial charge in [0.05, 0.1) is 16.5 Å². The Morgan fingerprint density at radius 1 is 1.24 bits per heavy atom. The van der Waals surface area contributed by atoms with E-state index in [0.717, 1.165) is 32.1 Å². The summed E-state index contributed by atoms with van der Waals surface area (Å²) in [4.78, 5) is 30.0. The Kier molecular flexibility index (Phi) is 4.21. The fourth-order valence-electron chi connectivity index (χ4n) is 6.68. The Hall–Kier alpha value is -2.41. The number of nitrogens with one attached hydrogen (secondary N) is 2. The molecule has 2 atom stereocenters. The molecule has 3 N–H and O–H groups in total. The third-order valence-corrected chi connectivity index (χ3v) is 7.18. The van der Waals surface area contributed by atoms with Gasteiger partial charge in [-0.3, -0.25) is 25.0 Å². The van der Waals surface area contributed by atoms with Gasteiger partial charge in [0.25, 0.3) is 5.56 Å². The second-order valence-electron chi connectivity index (χ2n) is 9.54. The van der Waals surface area contributed by atoms with Gasteiger partial charge in [-0.25, -0.2) is 4.98 Å². The molecule has 4 aliphatic rings. The van der Waals surface area contributed by atoms with Gasteiger partial charge < -0.3 is 5.11 Å². The first-order valence-electron chi connectivity index (χ1n) is 10.7. The molecule has 4 fully saturated rings. The molecule has 2 unspecified atom stereocenters. The summed E-state index contributed by atoms with van der Waals surface area (Å²) in [5.74, 6) is 1.33. The van der Waals surface area contributed by atoms with Crippen molar-refractivity contribution in [3.05, 3.63) is 34.6 Å². The van der Waals surface area contributed by atoms with Crippen LogP contribution in [-0.2, 0) is 11.3 Å². The standard InChI is InChI=1S/C22H28N4O3/c1-2-26-19(28)16-5-3-4-6-17(16)23-20(26)25-24-18(27)12-21-8-14-7-15(9-21)11-22(29,10-14)13-21/h3-6,14-15,29H,2,7-13H2,1H3,(H,23,25)(H,24,27). The third-order valence-electron chi connectivity index (χ3n) is 7.18. The van der Waals surface area contributed by atoms with E-state index in [1.54, 1.807) is 12.1 Å². The fourth-order valence-corrected chi connectivity index (χ4v) is 6.68. The lowest BCUT2D eigenvalue weighted by Crippen LogP contribution is -2.56. The van der Waals surface area contributed by atoms with Crippen LogP contribution in [0.2, 0.25) is 0 Å². The molecule has 0 saturated heterocycles. The minimum Gasteiger partial charge on any atom is -0.390 e. The number of hydrazine groups is 1. The number of anilines is 1. The number of amides is 1. The van der Waals surface area contributed by atoms with Crippen molar-refractivity contribution in [2.24, 2.45) is 17.3 Å². The van der Waals surface area contributed by atoms with Crippen molar-refractivity contribution in [1.82, 2.24) is 15.0 Å². The summed E-state index contributed by atoms with van der Waals surface area (Å²) in [5, 5.41) is 11.5. The first-order valence-corrected chi connectivity index (χ1v) is 10.7. The van der Waals surface area contributed by atoms with Crippen molar-refractivity contribution in [1.29, 1.82) is 0 Å². The van der Waals surface area contributed by atoms with Crippen molar-refractivity contribution < 1.29 is 9.90 Å². The molecule has 4 bridgehead atoms. The molecule has 29 heavy (non-hydrogen) atoms. The Morgan fingerprint density at radius 3 is 2.66 bits per heavy atom. The molecular weight excluding hydrogens is 368 g/mol. The summed E-state index contributed by atoms with van der Waals surface area (Å²) in [5.41, 5.74) is 5.45. The summed E-state index contributed by atoms with van der Waals surface area (Å²) < 4.78 is 1.52. The summed E-state index contributed by atoms with van der Waals surface area (Å²) in [6.07, 6.45) is 6.20. The topological polar surface area (TPSA) is 96.2 Å². The number of fused-ring (bicyclic) bond motifs is 1. The van der Waals surface area contributed by atoms with Gasteiger partial charge in [-0.05, 0) is 74.8 Å². The molecule has 7 nitrogen and oxygen atoms in total. The van der Waals surface area contributed by atoms with Crippen LogP contribution in [0.25, 0.3) is 10.9 Å². The molecule has 0 radical (unpaired) electrons. The van der Waals surface area contributed by atoms with Crippen LogP contribution in [0.15, 0.2) is 29.1 Å². The minimum atomic E-state index is -0.569. The maximum Gasteiger partial charge on any atom is 0.262 e. The molecule has 4 saturated carbocycles. The van der Waals surface area contributed by atoms with Gasteiger partial charge in [-0.1, -0.05) is 12.1 Å². The Balaban J connectivity index is 1.32. The maximum atomic E-state index is 12.8. The Bertz CT molecular complexity index is 1020. The number of hydrogen-bond donors (Lipinski definition) is 3. The van der Waals surface area contributed by atoms with E-state index in [4.69, 9.17) is 0 Å². The number of nitrogens with zero attached hydrogens (tertiary/aromatic N) is 2. The highest BCUT2D eigenvalue weighted by Gasteiger charge is 2.57. The molecule has 0 spiro atoms. The van der Waals surface area contributed by atoms with E-state index in [2.05, 4.69) is 15.8 Å². The first kappa shape index (κ1) is 18.6. The second-order valence-corrected chi connectivity index (χ2v) is 9.54.